The van der Waals surface area contributed by atoms with E-state index in [4.69, 9.17) is 9.47 Å². The molecule has 2 aliphatic carbocycles. The number of rotatable bonds is 19. The second kappa shape index (κ2) is 14.4. The van der Waals surface area contributed by atoms with E-state index in [0.29, 0.717) is 0 Å². The zero-order valence-corrected chi connectivity index (χ0v) is 21.3. The molecule has 0 spiro atoms. The molecule has 0 bridgehead atoms. The van der Waals surface area contributed by atoms with Crippen LogP contribution >= 0.6 is 0 Å². The highest BCUT2D eigenvalue weighted by atomic mass is 16.5. The summed E-state index contributed by atoms with van der Waals surface area (Å²) >= 11 is 0. The highest BCUT2D eigenvalue weighted by Crippen LogP contribution is 2.34. The predicted molar refractivity (Wildman–Crippen MR) is 144 cm³/mol. The van der Waals surface area contributed by atoms with E-state index in [-0.39, 0.29) is 0 Å². The Kier molecular flexibility index (Phi) is 10.7. The van der Waals surface area contributed by atoms with E-state index >= 15 is 0 Å². The van der Waals surface area contributed by atoms with E-state index in [9.17, 15) is 0 Å². The Morgan fingerprint density at radius 2 is 0.794 bits per heavy atom. The Balaban J connectivity index is 1.04. The molecule has 186 valence electrons. The molecule has 34 heavy (non-hydrogen) atoms. The van der Waals surface area contributed by atoms with Crippen LogP contribution in [0.25, 0.3) is 11.1 Å². The Bertz CT molecular complexity index is 717. The molecule has 0 amide bonds. The molecular formula is C32H46O2. The minimum absolute atomic E-state index is 0.828. The molecule has 0 heterocycles. The molecule has 2 heteroatoms. The summed E-state index contributed by atoms with van der Waals surface area (Å²) in [4.78, 5) is 0. The maximum absolute atomic E-state index is 5.95. The summed E-state index contributed by atoms with van der Waals surface area (Å²) in [6.45, 7) is 1.66. The van der Waals surface area contributed by atoms with Crippen molar-refractivity contribution < 1.29 is 9.47 Å². The molecule has 2 aromatic carbocycles. The fourth-order valence-corrected chi connectivity index (χ4v) is 4.81. The molecule has 0 unspecified atom stereocenters. The van der Waals surface area contributed by atoms with E-state index in [1.165, 1.54) is 101 Å². The van der Waals surface area contributed by atoms with Crippen molar-refractivity contribution in [3.63, 3.8) is 0 Å². The van der Waals surface area contributed by atoms with Gasteiger partial charge in [0.15, 0.2) is 0 Å². The first-order valence-corrected chi connectivity index (χ1v) is 14.3. The number of ether oxygens (including phenoxy) is 2. The third-order valence-corrected chi connectivity index (χ3v) is 7.49. The van der Waals surface area contributed by atoms with E-state index in [1.54, 1.807) is 0 Å². The van der Waals surface area contributed by atoms with E-state index in [0.717, 1.165) is 49.4 Å². The van der Waals surface area contributed by atoms with Gasteiger partial charge in [-0.05, 0) is 60.1 Å². The minimum atomic E-state index is 0.828. The zero-order valence-electron chi connectivity index (χ0n) is 21.3. The number of hydrogen-bond donors (Lipinski definition) is 0. The van der Waals surface area contributed by atoms with Crippen molar-refractivity contribution in [2.45, 2.75) is 103 Å². The van der Waals surface area contributed by atoms with Gasteiger partial charge in [0.05, 0.1) is 13.2 Å². The number of unbranched alkanes of at least 4 members (excludes halogenated alkanes) is 8. The average Bonchev–Trinajstić information content (AvgIpc) is 3.79. The van der Waals surface area contributed by atoms with Gasteiger partial charge in [-0.1, -0.05) is 114 Å². The molecule has 2 nitrogen and oxygen atoms in total. The van der Waals surface area contributed by atoms with Crippen LogP contribution in [-0.2, 0) is 0 Å². The molecule has 2 aliphatic rings. The van der Waals surface area contributed by atoms with Gasteiger partial charge in [0.25, 0.3) is 0 Å². The highest BCUT2D eigenvalue weighted by Gasteiger charge is 2.20. The molecule has 0 atom stereocenters. The first kappa shape index (κ1) is 25.1. The van der Waals surface area contributed by atoms with Crippen molar-refractivity contribution in [3.8, 4) is 22.6 Å². The van der Waals surface area contributed by atoms with Crippen molar-refractivity contribution >= 4 is 0 Å². The molecule has 0 aromatic heterocycles. The van der Waals surface area contributed by atoms with E-state index < -0.39 is 0 Å². The number of hydrogen-bond acceptors (Lipinski definition) is 2. The quantitative estimate of drug-likeness (QED) is 0.193. The molecule has 0 aliphatic heterocycles. The van der Waals surface area contributed by atoms with E-state index in [1.807, 2.05) is 0 Å². The molecule has 2 fully saturated rings. The first-order valence-electron chi connectivity index (χ1n) is 14.3. The van der Waals surface area contributed by atoms with Gasteiger partial charge in [0.1, 0.15) is 11.5 Å². The molecule has 4 rings (SSSR count). The average molecular weight is 463 g/mol. The topological polar surface area (TPSA) is 18.5 Å². The molecule has 2 saturated carbocycles. The van der Waals surface area contributed by atoms with Gasteiger partial charge in [0.2, 0.25) is 0 Å². The smallest absolute Gasteiger partial charge is 0.119 e. The molecule has 0 radical (unpaired) electrons. The van der Waals surface area contributed by atoms with Gasteiger partial charge in [-0.25, -0.2) is 0 Å². The lowest BCUT2D eigenvalue weighted by Gasteiger charge is -2.09. The van der Waals surface area contributed by atoms with Gasteiger partial charge in [-0.15, -0.1) is 0 Å². The lowest BCUT2D eigenvalue weighted by Crippen LogP contribution is -1.97. The lowest BCUT2D eigenvalue weighted by atomic mass is 10.1. The van der Waals surface area contributed by atoms with Crippen molar-refractivity contribution in [2.24, 2.45) is 11.8 Å². The minimum Gasteiger partial charge on any atom is -0.494 e. The van der Waals surface area contributed by atoms with Crippen LogP contribution in [0.1, 0.15) is 103 Å². The Morgan fingerprint density at radius 3 is 1.18 bits per heavy atom. The summed E-state index contributed by atoms with van der Waals surface area (Å²) in [7, 11) is 0. The maximum atomic E-state index is 5.95. The van der Waals surface area contributed by atoms with Gasteiger partial charge in [-0.3, -0.25) is 0 Å². The fourth-order valence-electron chi connectivity index (χ4n) is 4.81. The zero-order chi connectivity index (χ0) is 23.3. The molecular weight excluding hydrogens is 416 g/mol. The van der Waals surface area contributed by atoms with Crippen LogP contribution in [0.4, 0.5) is 0 Å². The molecule has 2 aromatic rings. The van der Waals surface area contributed by atoms with Gasteiger partial charge in [-0.2, -0.15) is 0 Å². The van der Waals surface area contributed by atoms with Crippen LogP contribution < -0.4 is 9.47 Å². The third-order valence-electron chi connectivity index (χ3n) is 7.49. The van der Waals surface area contributed by atoms with Crippen LogP contribution in [0.3, 0.4) is 0 Å². The summed E-state index contributed by atoms with van der Waals surface area (Å²) in [6.07, 6.45) is 22.2. The summed E-state index contributed by atoms with van der Waals surface area (Å²) in [5.74, 6) is 4.13. The van der Waals surface area contributed by atoms with Crippen molar-refractivity contribution in [2.75, 3.05) is 13.2 Å². The predicted octanol–water partition coefficient (Wildman–Crippen LogP) is 9.61. The normalized spacial score (nSPS) is 15.4. The Labute approximate surface area is 208 Å². The van der Waals surface area contributed by atoms with Crippen molar-refractivity contribution in [3.05, 3.63) is 48.5 Å². The summed E-state index contributed by atoms with van der Waals surface area (Å²) in [6, 6.07) is 17.0. The van der Waals surface area contributed by atoms with Gasteiger partial charge in [0, 0.05) is 0 Å². The van der Waals surface area contributed by atoms with Gasteiger partial charge >= 0.3 is 0 Å². The second-order valence-electron chi connectivity index (χ2n) is 10.7. The van der Waals surface area contributed by atoms with Crippen LogP contribution in [0.2, 0.25) is 0 Å². The number of benzene rings is 2. The first-order chi connectivity index (χ1) is 16.9. The fraction of sp³-hybridized carbons (Fsp3) is 0.625. The van der Waals surface area contributed by atoms with Crippen LogP contribution in [0.5, 0.6) is 11.5 Å². The van der Waals surface area contributed by atoms with Crippen LogP contribution in [0, 0.1) is 11.8 Å². The second-order valence-corrected chi connectivity index (χ2v) is 10.7. The lowest BCUT2D eigenvalue weighted by molar-refractivity contribution is 0.304. The van der Waals surface area contributed by atoms with Crippen molar-refractivity contribution in [1.82, 2.24) is 0 Å². The molecule has 0 N–H and O–H groups in total. The maximum Gasteiger partial charge on any atom is 0.119 e. The monoisotopic (exact) mass is 462 g/mol. The van der Waals surface area contributed by atoms with Crippen LogP contribution in [-0.4, -0.2) is 13.2 Å². The van der Waals surface area contributed by atoms with Crippen molar-refractivity contribution in [1.29, 1.82) is 0 Å². The van der Waals surface area contributed by atoms with E-state index in [2.05, 4.69) is 48.5 Å². The SMILES string of the molecule is c1cc(-c2ccc(OCCCCCCCC3CC3)cc2)ccc1OCCCCCCCC1CC1. The summed E-state index contributed by atoms with van der Waals surface area (Å²) in [5.41, 5.74) is 2.45. The summed E-state index contributed by atoms with van der Waals surface area (Å²) < 4.78 is 11.9. The Morgan fingerprint density at radius 1 is 0.441 bits per heavy atom. The van der Waals surface area contributed by atoms with Gasteiger partial charge < -0.3 is 9.47 Å². The highest BCUT2D eigenvalue weighted by molar-refractivity contribution is 5.64. The Hall–Kier alpha value is -1.96. The van der Waals surface area contributed by atoms with Crippen LogP contribution in [0.15, 0.2) is 48.5 Å². The molecule has 0 saturated heterocycles. The largest absolute Gasteiger partial charge is 0.494 e. The summed E-state index contributed by atoms with van der Waals surface area (Å²) in [5, 5.41) is 0. The third kappa shape index (κ3) is 10.1. The standard InChI is InChI=1S/C32H46O2/c1(3-7-11-27-13-14-27)5-9-25-33-31-21-17-29(18-22-31)30-19-23-32(24-20-30)34-26-10-6-2-4-8-12-28-15-16-28/h17-24,27-28H,1-16,25-26H2.